The minimum Gasteiger partial charge on any atom is -0.483 e. The van der Waals surface area contributed by atoms with Crippen LogP contribution in [0, 0.1) is 11.7 Å². The van der Waals surface area contributed by atoms with Crippen LogP contribution in [0.5, 0.6) is 5.75 Å². The van der Waals surface area contributed by atoms with Gasteiger partial charge in [0.1, 0.15) is 17.1 Å². The van der Waals surface area contributed by atoms with E-state index in [4.69, 9.17) is 16.3 Å². The predicted octanol–water partition coefficient (Wildman–Crippen LogP) is 3.34. The van der Waals surface area contributed by atoms with Crippen LogP contribution < -0.4 is 20.9 Å². The van der Waals surface area contributed by atoms with Gasteiger partial charge in [-0.2, -0.15) is 0 Å². The van der Waals surface area contributed by atoms with Crippen molar-refractivity contribution in [1.82, 2.24) is 25.6 Å². The van der Waals surface area contributed by atoms with Crippen LogP contribution in [0.3, 0.4) is 0 Å². The van der Waals surface area contributed by atoms with Crippen molar-refractivity contribution in [2.24, 2.45) is 5.92 Å². The highest BCUT2D eigenvalue weighted by molar-refractivity contribution is 6.30. The fourth-order valence-electron chi connectivity index (χ4n) is 3.75. The lowest BCUT2D eigenvalue weighted by atomic mass is 9.98. The van der Waals surface area contributed by atoms with Gasteiger partial charge >= 0.3 is 0 Å². The van der Waals surface area contributed by atoms with E-state index in [0.717, 1.165) is 38.2 Å². The highest BCUT2D eigenvalue weighted by Crippen LogP contribution is 2.25. The van der Waals surface area contributed by atoms with Crippen molar-refractivity contribution in [3.63, 3.8) is 0 Å². The molecule has 3 heterocycles. The quantitative estimate of drug-likeness (QED) is 0.516. The average molecular weight is 446 g/mol. The summed E-state index contributed by atoms with van der Waals surface area (Å²) in [4.78, 5) is 24.5. The van der Waals surface area contributed by atoms with E-state index in [1.165, 1.54) is 18.2 Å². The minimum absolute atomic E-state index is 0.0315. The zero-order valence-corrected chi connectivity index (χ0v) is 18.0. The van der Waals surface area contributed by atoms with Crippen LogP contribution in [-0.4, -0.2) is 34.6 Å². The number of rotatable bonds is 7. The molecule has 1 atom stereocenters. The van der Waals surface area contributed by atoms with Gasteiger partial charge in [0.2, 0.25) is 0 Å². The molecule has 0 bridgehead atoms. The monoisotopic (exact) mass is 445 g/mol. The summed E-state index contributed by atoms with van der Waals surface area (Å²) < 4.78 is 19.2. The van der Waals surface area contributed by atoms with E-state index in [9.17, 15) is 9.18 Å². The number of benzene rings is 1. The van der Waals surface area contributed by atoms with Crippen molar-refractivity contribution in [3.05, 3.63) is 63.2 Å². The van der Waals surface area contributed by atoms with Crippen LogP contribution in [0.1, 0.15) is 37.4 Å². The Morgan fingerprint density at radius 3 is 2.90 bits per heavy atom. The van der Waals surface area contributed by atoms with Crippen molar-refractivity contribution < 1.29 is 9.13 Å². The highest BCUT2D eigenvalue weighted by atomic mass is 35.5. The molecular weight excluding hydrogens is 421 g/mol. The molecular formula is C22H25ClFN5O2. The zero-order valence-electron chi connectivity index (χ0n) is 17.3. The van der Waals surface area contributed by atoms with Gasteiger partial charge in [0, 0.05) is 18.8 Å². The van der Waals surface area contributed by atoms with Gasteiger partial charge in [0.05, 0.1) is 16.1 Å². The van der Waals surface area contributed by atoms with Gasteiger partial charge < -0.3 is 20.4 Å². The molecule has 3 aromatic rings. The number of pyridine rings is 1. The molecule has 1 aliphatic heterocycles. The molecule has 3 N–H and O–H groups in total. The van der Waals surface area contributed by atoms with Crippen molar-refractivity contribution in [2.75, 3.05) is 19.6 Å². The third-order valence-corrected chi connectivity index (χ3v) is 5.78. The number of ether oxygens (including phenoxy) is 1. The van der Waals surface area contributed by atoms with Gasteiger partial charge in [0.25, 0.3) is 5.56 Å². The van der Waals surface area contributed by atoms with E-state index in [-0.39, 0.29) is 10.6 Å². The maximum atomic E-state index is 13.4. The van der Waals surface area contributed by atoms with Gasteiger partial charge in [-0.15, -0.1) is 0 Å². The number of nitrogens with zero attached hydrogens (tertiary/aromatic N) is 2. The van der Waals surface area contributed by atoms with E-state index < -0.39 is 11.9 Å². The Labute approximate surface area is 184 Å². The van der Waals surface area contributed by atoms with Gasteiger partial charge in [-0.3, -0.25) is 9.78 Å². The lowest BCUT2D eigenvalue weighted by Crippen LogP contribution is -2.33. The van der Waals surface area contributed by atoms with E-state index >= 15 is 0 Å². The lowest BCUT2D eigenvalue weighted by Gasteiger charge is -2.22. The molecule has 0 amide bonds. The fraction of sp³-hybridized carbons (Fsp3) is 0.409. The molecule has 1 unspecified atom stereocenters. The maximum Gasteiger partial charge on any atom is 0.258 e. The molecule has 31 heavy (non-hydrogen) atoms. The Bertz CT molecular complexity index is 1120. The second-order valence-electron chi connectivity index (χ2n) is 7.77. The highest BCUT2D eigenvalue weighted by Gasteiger charge is 2.17. The number of fused-ring (bicyclic) bond motifs is 1. The molecule has 7 nitrogen and oxygen atoms in total. The van der Waals surface area contributed by atoms with E-state index in [1.54, 1.807) is 19.2 Å². The number of piperidine rings is 1. The number of halogens is 2. The zero-order chi connectivity index (χ0) is 21.8. The topological polar surface area (TPSA) is 91.9 Å². The summed E-state index contributed by atoms with van der Waals surface area (Å²) in [5.41, 5.74) is 1.01. The predicted molar refractivity (Wildman–Crippen MR) is 118 cm³/mol. The minimum atomic E-state index is -0.575. The van der Waals surface area contributed by atoms with Gasteiger partial charge in [-0.25, -0.2) is 9.37 Å². The smallest absolute Gasteiger partial charge is 0.258 e. The summed E-state index contributed by atoms with van der Waals surface area (Å²) >= 11 is 5.82. The van der Waals surface area contributed by atoms with Gasteiger partial charge in [-0.1, -0.05) is 11.6 Å². The van der Waals surface area contributed by atoms with Crippen LogP contribution >= 0.6 is 11.6 Å². The summed E-state index contributed by atoms with van der Waals surface area (Å²) in [6.45, 7) is 5.29. The molecule has 2 aromatic heterocycles. The van der Waals surface area contributed by atoms with Crippen LogP contribution in [0.25, 0.3) is 10.9 Å². The number of hydrogen-bond acceptors (Lipinski definition) is 6. The molecule has 0 spiro atoms. The van der Waals surface area contributed by atoms with Crippen molar-refractivity contribution >= 4 is 22.5 Å². The molecule has 0 aliphatic carbocycles. The molecule has 1 fully saturated rings. The Morgan fingerprint density at radius 2 is 2.13 bits per heavy atom. The maximum absolute atomic E-state index is 13.4. The molecule has 0 saturated carbocycles. The average Bonchev–Trinajstić information content (AvgIpc) is 2.77. The summed E-state index contributed by atoms with van der Waals surface area (Å²) in [6.07, 6.45) is 3.36. The van der Waals surface area contributed by atoms with E-state index in [1.807, 2.05) is 0 Å². The summed E-state index contributed by atoms with van der Waals surface area (Å²) in [7, 11) is 0. The van der Waals surface area contributed by atoms with Crippen molar-refractivity contribution in [2.45, 2.75) is 32.4 Å². The lowest BCUT2D eigenvalue weighted by molar-refractivity contribution is 0.216. The van der Waals surface area contributed by atoms with Crippen LogP contribution in [0.2, 0.25) is 5.02 Å². The number of H-pyrrole nitrogens is 1. The first-order valence-electron chi connectivity index (χ1n) is 10.4. The molecule has 4 rings (SSSR count). The Kier molecular flexibility index (Phi) is 6.80. The molecule has 1 aliphatic rings. The molecule has 1 saturated heterocycles. The molecule has 1 aromatic carbocycles. The largest absolute Gasteiger partial charge is 0.483 e. The standard InChI is InChI=1S/C22H25ClFN5O2/c1-13(31-15-2-3-18(24)17(23)10-15)21-28-20-16(22(30)29-21)6-9-27-19(20)12-26-11-14-4-7-25-8-5-14/h2-3,6,9-10,13-14,25-26H,4-5,7-8,11-12H2,1H3,(H,28,29,30). The normalized spacial score (nSPS) is 15.8. The summed E-state index contributed by atoms with van der Waals surface area (Å²) in [5, 5.41) is 7.28. The first kappa shape index (κ1) is 21.7. The number of nitrogens with one attached hydrogen (secondary N) is 3. The van der Waals surface area contributed by atoms with Gasteiger partial charge in [-0.05, 0) is 63.5 Å². The number of hydrogen-bond donors (Lipinski definition) is 3. The van der Waals surface area contributed by atoms with Crippen LogP contribution in [0.15, 0.2) is 35.3 Å². The summed E-state index contributed by atoms with van der Waals surface area (Å²) in [6, 6.07) is 5.77. The van der Waals surface area contributed by atoms with E-state index in [2.05, 4.69) is 25.6 Å². The van der Waals surface area contributed by atoms with Crippen molar-refractivity contribution in [3.8, 4) is 5.75 Å². The van der Waals surface area contributed by atoms with Gasteiger partial charge in [0.15, 0.2) is 11.9 Å². The van der Waals surface area contributed by atoms with E-state index in [0.29, 0.717) is 34.9 Å². The first-order valence-corrected chi connectivity index (χ1v) is 10.8. The Hall–Kier alpha value is -2.55. The van der Waals surface area contributed by atoms with Crippen molar-refractivity contribution in [1.29, 1.82) is 0 Å². The first-order chi connectivity index (χ1) is 15.0. The third-order valence-electron chi connectivity index (χ3n) is 5.49. The molecule has 164 valence electrons. The fourth-order valence-corrected chi connectivity index (χ4v) is 3.92. The second kappa shape index (κ2) is 9.72. The SMILES string of the molecule is CC(Oc1ccc(F)c(Cl)c1)c1nc2c(CNCC3CCNCC3)nccc2c(=O)[nH]1. The van der Waals surface area contributed by atoms with Crippen LogP contribution in [0.4, 0.5) is 4.39 Å². The Balaban J connectivity index is 1.53. The van der Waals surface area contributed by atoms with Crippen LogP contribution in [-0.2, 0) is 6.54 Å². The molecule has 0 radical (unpaired) electrons. The molecule has 9 heteroatoms. The summed E-state index contributed by atoms with van der Waals surface area (Å²) in [5.74, 6) is 0.868. The number of aromatic amines is 1. The third kappa shape index (κ3) is 5.20. The second-order valence-corrected chi connectivity index (χ2v) is 8.17. The Morgan fingerprint density at radius 1 is 1.32 bits per heavy atom. The number of aromatic nitrogens is 3.